The molecule has 168 valence electrons. The van der Waals surface area contributed by atoms with E-state index in [4.69, 9.17) is 4.74 Å². The van der Waals surface area contributed by atoms with E-state index in [-0.39, 0.29) is 23.3 Å². The zero-order chi connectivity index (χ0) is 22.4. The first-order valence-electron chi connectivity index (χ1n) is 10.9. The second kappa shape index (κ2) is 10.3. The van der Waals surface area contributed by atoms with Crippen molar-refractivity contribution in [1.82, 2.24) is 9.62 Å². The van der Waals surface area contributed by atoms with Crippen molar-refractivity contribution in [3.8, 4) is 5.75 Å². The van der Waals surface area contributed by atoms with E-state index in [2.05, 4.69) is 19.2 Å². The zero-order valence-electron chi connectivity index (χ0n) is 18.5. The SMILES string of the molecule is Cc1ccc(S(=O)(=O)N2CCCC(C(=O)NCCOc3ccccc3C(C)C)C2)cc1. The molecule has 0 bridgehead atoms. The largest absolute Gasteiger partial charge is 0.491 e. The quantitative estimate of drug-likeness (QED) is 0.630. The highest BCUT2D eigenvalue weighted by Crippen LogP contribution is 2.26. The number of nitrogens with one attached hydrogen (secondary N) is 1. The van der Waals surface area contributed by atoms with Gasteiger partial charge in [-0.25, -0.2) is 8.42 Å². The molecule has 6 nitrogen and oxygen atoms in total. The summed E-state index contributed by atoms with van der Waals surface area (Å²) in [5.41, 5.74) is 2.14. The van der Waals surface area contributed by atoms with Gasteiger partial charge in [-0.05, 0) is 49.4 Å². The summed E-state index contributed by atoms with van der Waals surface area (Å²) < 4.78 is 33.2. The lowest BCUT2D eigenvalue weighted by Crippen LogP contribution is -2.46. The maximum Gasteiger partial charge on any atom is 0.243 e. The summed E-state index contributed by atoms with van der Waals surface area (Å²) >= 11 is 0. The van der Waals surface area contributed by atoms with Crippen molar-refractivity contribution in [3.63, 3.8) is 0 Å². The molecule has 1 saturated heterocycles. The fraction of sp³-hybridized carbons (Fsp3) is 0.458. The van der Waals surface area contributed by atoms with Crippen LogP contribution in [0.2, 0.25) is 0 Å². The zero-order valence-corrected chi connectivity index (χ0v) is 19.3. The molecule has 0 saturated carbocycles. The van der Waals surface area contributed by atoms with Crippen LogP contribution in [0.4, 0.5) is 0 Å². The molecule has 1 aliphatic heterocycles. The Morgan fingerprint density at radius 2 is 1.87 bits per heavy atom. The maximum atomic E-state index is 12.9. The van der Waals surface area contributed by atoms with Gasteiger partial charge in [-0.15, -0.1) is 0 Å². The monoisotopic (exact) mass is 444 g/mol. The van der Waals surface area contributed by atoms with Crippen LogP contribution < -0.4 is 10.1 Å². The Morgan fingerprint density at radius 3 is 2.58 bits per heavy atom. The molecule has 31 heavy (non-hydrogen) atoms. The Hall–Kier alpha value is -2.38. The number of rotatable bonds is 8. The van der Waals surface area contributed by atoms with Crippen LogP contribution in [0.5, 0.6) is 5.75 Å². The molecule has 1 unspecified atom stereocenters. The first-order chi connectivity index (χ1) is 14.8. The molecule has 7 heteroatoms. The Bertz CT molecular complexity index is 987. The van der Waals surface area contributed by atoms with Crippen LogP contribution in [0.3, 0.4) is 0 Å². The maximum absolute atomic E-state index is 12.9. The molecular formula is C24H32N2O4S. The third-order valence-electron chi connectivity index (χ3n) is 5.61. The first kappa shape index (κ1) is 23.3. The van der Waals surface area contributed by atoms with Gasteiger partial charge in [0.25, 0.3) is 0 Å². The van der Waals surface area contributed by atoms with Gasteiger partial charge in [-0.3, -0.25) is 4.79 Å². The summed E-state index contributed by atoms with van der Waals surface area (Å²) in [6.45, 7) is 7.55. The highest BCUT2D eigenvalue weighted by atomic mass is 32.2. The lowest BCUT2D eigenvalue weighted by atomic mass is 9.99. The number of benzene rings is 2. The molecule has 2 aromatic carbocycles. The number of hydrogen-bond donors (Lipinski definition) is 1. The van der Waals surface area contributed by atoms with Crippen molar-refractivity contribution in [2.75, 3.05) is 26.2 Å². The van der Waals surface area contributed by atoms with Gasteiger partial charge in [0.1, 0.15) is 12.4 Å². The Labute approximate surface area is 185 Å². The Kier molecular flexibility index (Phi) is 7.73. The van der Waals surface area contributed by atoms with Crippen LogP contribution in [-0.4, -0.2) is 44.9 Å². The Balaban J connectivity index is 1.52. The fourth-order valence-corrected chi connectivity index (χ4v) is 5.33. The van der Waals surface area contributed by atoms with Crippen LogP contribution >= 0.6 is 0 Å². The number of hydrogen-bond acceptors (Lipinski definition) is 4. The van der Waals surface area contributed by atoms with Crippen LogP contribution in [0.15, 0.2) is 53.4 Å². The van der Waals surface area contributed by atoms with E-state index in [1.54, 1.807) is 24.3 Å². The van der Waals surface area contributed by atoms with Gasteiger partial charge in [0.2, 0.25) is 15.9 Å². The minimum atomic E-state index is -3.59. The summed E-state index contributed by atoms with van der Waals surface area (Å²) in [5.74, 6) is 0.718. The van der Waals surface area contributed by atoms with Crippen molar-refractivity contribution < 1.29 is 17.9 Å². The van der Waals surface area contributed by atoms with E-state index < -0.39 is 10.0 Å². The number of amides is 1. The number of carbonyl (C=O) groups is 1. The smallest absolute Gasteiger partial charge is 0.243 e. The molecule has 1 atom stereocenters. The summed E-state index contributed by atoms with van der Waals surface area (Å²) in [5, 5.41) is 2.91. The first-order valence-corrected chi connectivity index (χ1v) is 12.3. The van der Waals surface area contributed by atoms with E-state index in [0.717, 1.165) is 16.9 Å². The summed E-state index contributed by atoms with van der Waals surface area (Å²) in [4.78, 5) is 12.9. The van der Waals surface area contributed by atoms with Crippen molar-refractivity contribution in [2.24, 2.45) is 5.92 Å². The summed E-state index contributed by atoms with van der Waals surface area (Å²) in [6, 6.07) is 14.7. The van der Waals surface area contributed by atoms with Gasteiger partial charge in [0.15, 0.2) is 0 Å². The second-order valence-electron chi connectivity index (χ2n) is 8.35. The average Bonchev–Trinajstić information content (AvgIpc) is 2.77. The average molecular weight is 445 g/mol. The third kappa shape index (κ3) is 5.86. The highest BCUT2D eigenvalue weighted by Gasteiger charge is 2.33. The number of piperidine rings is 1. The van der Waals surface area contributed by atoms with Gasteiger partial charge in [-0.1, -0.05) is 49.7 Å². The summed E-state index contributed by atoms with van der Waals surface area (Å²) in [6.07, 6.45) is 1.35. The minimum absolute atomic E-state index is 0.121. The predicted octanol–water partition coefficient (Wildman–Crippen LogP) is 3.71. The standard InChI is InChI=1S/C24H32N2O4S/c1-18(2)22-8-4-5-9-23(22)30-16-14-25-24(27)20-7-6-15-26(17-20)31(28,29)21-12-10-19(3)11-13-21/h4-5,8-13,18,20H,6-7,14-17H2,1-3H3,(H,25,27). The third-order valence-corrected chi connectivity index (χ3v) is 7.49. The number of ether oxygens (including phenoxy) is 1. The van der Waals surface area contributed by atoms with E-state index in [9.17, 15) is 13.2 Å². The fourth-order valence-electron chi connectivity index (χ4n) is 3.80. The lowest BCUT2D eigenvalue weighted by Gasteiger charge is -2.31. The number of carbonyl (C=O) groups excluding carboxylic acids is 1. The molecule has 2 aromatic rings. The van der Waals surface area contributed by atoms with Crippen molar-refractivity contribution in [1.29, 1.82) is 0 Å². The molecule has 0 aromatic heterocycles. The van der Waals surface area contributed by atoms with Crippen LogP contribution in [0.25, 0.3) is 0 Å². The molecule has 0 spiro atoms. The molecule has 1 N–H and O–H groups in total. The predicted molar refractivity (Wildman–Crippen MR) is 122 cm³/mol. The topological polar surface area (TPSA) is 75.7 Å². The molecule has 0 radical (unpaired) electrons. The van der Waals surface area contributed by atoms with Gasteiger partial charge < -0.3 is 10.1 Å². The lowest BCUT2D eigenvalue weighted by molar-refractivity contribution is -0.126. The summed E-state index contributed by atoms with van der Waals surface area (Å²) in [7, 11) is -3.59. The van der Waals surface area contributed by atoms with Gasteiger partial charge in [0, 0.05) is 13.1 Å². The number of nitrogens with zero attached hydrogens (tertiary/aromatic N) is 1. The van der Waals surface area contributed by atoms with Crippen LogP contribution in [-0.2, 0) is 14.8 Å². The molecular weight excluding hydrogens is 412 g/mol. The number of sulfonamides is 1. The van der Waals surface area contributed by atoms with E-state index >= 15 is 0 Å². The number of para-hydroxylation sites is 1. The van der Waals surface area contributed by atoms with E-state index in [0.29, 0.717) is 38.5 Å². The van der Waals surface area contributed by atoms with Gasteiger partial charge in [-0.2, -0.15) is 4.31 Å². The van der Waals surface area contributed by atoms with Crippen molar-refractivity contribution >= 4 is 15.9 Å². The normalized spacial score (nSPS) is 17.5. The molecule has 1 amide bonds. The Morgan fingerprint density at radius 1 is 1.16 bits per heavy atom. The van der Waals surface area contributed by atoms with Gasteiger partial charge in [0.05, 0.1) is 17.4 Å². The van der Waals surface area contributed by atoms with Crippen molar-refractivity contribution in [3.05, 3.63) is 59.7 Å². The van der Waals surface area contributed by atoms with Crippen LogP contribution in [0, 0.1) is 12.8 Å². The minimum Gasteiger partial charge on any atom is -0.491 e. The van der Waals surface area contributed by atoms with Gasteiger partial charge >= 0.3 is 0 Å². The number of aryl methyl sites for hydroxylation is 1. The molecule has 0 aliphatic carbocycles. The van der Waals surface area contributed by atoms with E-state index in [1.165, 1.54) is 4.31 Å². The van der Waals surface area contributed by atoms with E-state index in [1.807, 2.05) is 31.2 Å². The van der Waals surface area contributed by atoms with Crippen LogP contribution in [0.1, 0.15) is 43.7 Å². The molecule has 1 aliphatic rings. The molecule has 1 heterocycles. The van der Waals surface area contributed by atoms with Crippen molar-refractivity contribution in [2.45, 2.75) is 44.4 Å². The second-order valence-corrected chi connectivity index (χ2v) is 10.3. The highest BCUT2D eigenvalue weighted by molar-refractivity contribution is 7.89. The molecule has 1 fully saturated rings. The molecule has 3 rings (SSSR count).